The largest absolute Gasteiger partial charge is 0.504 e. The van der Waals surface area contributed by atoms with Gasteiger partial charge in [-0.15, -0.1) is 0 Å². The maximum Gasteiger partial charge on any atom is 0.161 e. The summed E-state index contributed by atoms with van der Waals surface area (Å²) in [6, 6.07) is 10.2. The van der Waals surface area contributed by atoms with Crippen LogP contribution >= 0.6 is 0 Å². The van der Waals surface area contributed by atoms with E-state index >= 15 is 0 Å². The normalized spacial score (nSPS) is 11.3. The molecule has 0 aliphatic rings. The molecule has 30 heavy (non-hydrogen) atoms. The molecule has 6 nitrogen and oxygen atoms in total. The molecule has 0 amide bonds. The van der Waals surface area contributed by atoms with Gasteiger partial charge in [-0.25, -0.2) is 0 Å². The zero-order valence-electron chi connectivity index (χ0n) is 17.2. The Morgan fingerprint density at radius 2 is 0.700 bits per heavy atom. The van der Waals surface area contributed by atoms with Crippen molar-refractivity contribution in [2.45, 2.75) is 20.8 Å². The van der Waals surface area contributed by atoms with Gasteiger partial charge < -0.3 is 29.5 Å². The predicted molar refractivity (Wildman–Crippen MR) is 117 cm³/mol. The monoisotopic (exact) mass is 408 g/mol. The van der Waals surface area contributed by atoms with E-state index in [0.29, 0.717) is 37.1 Å². The predicted octanol–water partition coefficient (Wildman–Crippen LogP) is 5.46. The maximum absolute atomic E-state index is 10.5. The van der Waals surface area contributed by atoms with Crippen LogP contribution in [0.2, 0.25) is 0 Å². The van der Waals surface area contributed by atoms with E-state index in [-0.39, 0.29) is 17.2 Å². The van der Waals surface area contributed by atoms with Gasteiger partial charge in [0.1, 0.15) is 0 Å². The Balaban J connectivity index is 2.21. The van der Waals surface area contributed by atoms with Gasteiger partial charge in [0.2, 0.25) is 0 Å². The fourth-order valence-electron chi connectivity index (χ4n) is 3.86. The van der Waals surface area contributed by atoms with Crippen LogP contribution in [0.5, 0.6) is 34.5 Å². The second-order valence-electron chi connectivity index (χ2n) is 6.90. The fraction of sp³-hybridized carbons (Fsp3) is 0.250. The minimum Gasteiger partial charge on any atom is -0.504 e. The summed E-state index contributed by atoms with van der Waals surface area (Å²) in [5.41, 5.74) is 0. The molecule has 0 spiro atoms. The molecule has 0 saturated heterocycles. The number of benzene rings is 4. The lowest BCUT2D eigenvalue weighted by Gasteiger charge is -2.16. The molecule has 3 N–H and O–H groups in total. The van der Waals surface area contributed by atoms with Crippen molar-refractivity contribution >= 4 is 32.3 Å². The zero-order valence-corrected chi connectivity index (χ0v) is 17.2. The summed E-state index contributed by atoms with van der Waals surface area (Å²) in [6.45, 7) is 6.77. The number of fused-ring (bicyclic) bond motifs is 6. The van der Waals surface area contributed by atoms with Gasteiger partial charge >= 0.3 is 0 Å². The molecule has 4 rings (SSSR count). The third-order valence-corrected chi connectivity index (χ3v) is 5.07. The van der Waals surface area contributed by atoms with Crippen molar-refractivity contribution in [2.24, 2.45) is 0 Å². The van der Waals surface area contributed by atoms with Crippen molar-refractivity contribution in [1.29, 1.82) is 0 Å². The van der Waals surface area contributed by atoms with E-state index in [1.807, 2.05) is 20.8 Å². The molecule has 0 radical (unpaired) electrons. The van der Waals surface area contributed by atoms with Crippen LogP contribution in [0.1, 0.15) is 20.8 Å². The van der Waals surface area contributed by atoms with Crippen molar-refractivity contribution in [2.75, 3.05) is 19.8 Å². The van der Waals surface area contributed by atoms with Gasteiger partial charge in [-0.3, -0.25) is 0 Å². The number of aromatic hydroxyl groups is 3. The van der Waals surface area contributed by atoms with Gasteiger partial charge in [0.05, 0.1) is 19.8 Å². The second kappa shape index (κ2) is 7.71. The van der Waals surface area contributed by atoms with E-state index in [2.05, 4.69) is 0 Å². The van der Waals surface area contributed by atoms with E-state index in [4.69, 9.17) is 14.2 Å². The second-order valence-corrected chi connectivity index (χ2v) is 6.90. The third-order valence-electron chi connectivity index (χ3n) is 5.07. The van der Waals surface area contributed by atoms with Crippen LogP contribution in [0.25, 0.3) is 32.3 Å². The Bertz CT molecular complexity index is 1260. The zero-order chi connectivity index (χ0) is 21.4. The first-order valence-electron chi connectivity index (χ1n) is 9.98. The number of phenols is 3. The summed E-state index contributed by atoms with van der Waals surface area (Å²) in [5.74, 6) is 1.15. The van der Waals surface area contributed by atoms with Gasteiger partial charge in [-0.2, -0.15) is 0 Å². The van der Waals surface area contributed by atoms with E-state index in [1.54, 1.807) is 36.4 Å². The molecule has 0 atom stereocenters. The van der Waals surface area contributed by atoms with Crippen LogP contribution in [0.3, 0.4) is 0 Å². The summed E-state index contributed by atoms with van der Waals surface area (Å²) in [6.07, 6.45) is 0. The molecule has 0 aliphatic heterocycles. The first kappa shape index (κ1) is 19.8. The van der Waals surface area contributed by atoms with Crippen LogP contribution in [0.15, 0.2) is 36.4 Å². The summed E-state index contributed by atoms with van der Waals surface area (Å²) >= 11 is 0. The third kappa shape index (κ3) is 3.14. The first-order chi connectivity index (χ1) is 14.5. The van der Waals surface area contributed by atoms with Crippen molar-refractivity contribution in [1.82, 2.24) is 0 Å². The molecular formula is C24H24O6. The molecular weight excluding hydrogens is 384 g/mol. The molecule has 156 valence electrons. The van der Waals surface area contributed by atoms with Crippen molar-refractivity contribution in [3.05, 3.63) is 36.4 Å². The SMILES string of the molecule is CCOc1cc2c(cc1O)c1cc(O)c(OCC)cc1c1cc(OCC)c(O)cc21. The molecule has 0 fully saturated rings. The average Bonchev–Trinajstić information content (AvgIpc) is 2.72. The average molecular weight is 408 g/mol. The molecule has 0 heterocycles. The van der Waals surface area contributed by atoms with Crippen LogP contribution in [0.4, 0.5) is 0 Å². The van der Waals surface area contributed by atoms with Gasteiger partial charge in [0.15, 0.2) is 34.5 Å². The number of hydrogen-bond donors (Lipinski definition) is 3. The summed E-state index contributed by atoms with van der Waals surface area (Å²) in [7, 11) is 0. The van der Waals surface area contributed by atoms with Crippen molar-refractivity contribution in [3.8, 4) is 34.5 Å². The fourth-order valence-corrected chi connectivity index (χ4v) is 3.86. The molecule has 0 saturated carbocycles. The molecule has 0 unspecified atom stereocenters. The highest BCUT2D eigenvalue weighted by Gasteiger charge is 2.17. The van der Waals surface area contributed by atoms with Gasteiger partial charge in [-0.05, 0) is 89.5 Å². The van der Waals surface area contributed by atoms with Gasteiger partial charge in [0.25, 0.3) is 0 Å². The minimum atomic E-state index is 0.00790. The minimum absolute atomic E-state index is 0.00790. The summed E-state index contributed by atoms with van der Waals surface area (Å²) in [4.78, 5) is 0. The van der Waals surface area contributed by atoms with Crippen LogP contribution in [-0.4, -0.2) is 35.1 Å². The Hall–Kier alpha value is -3.54. The topological polar surface area (TPSA) is 88.4 Å². The smallest absolute Gasteiger partial charge is 0.161 e. The van der Waals surface area contributed by atoms with E-state index in [0.717, 1.165) is 32.3 Å². The molecule has 0 bridgehead atoms. The standard InChI is InChI=1S/C24H24O6/c1-4-28-22-10-16-13(7-19(22)25)14-8-20(26)23(29-5-2)11-17(14)18-12-24(30-6-3)21(27)9-15(16)18/h7-12,25-27H,4-6H2,1-3H3. The van der Waals surface area contributed by atoms with Crippen LogP contribution in [-0.2, 0) is 0 Å². The van der Waals surface area contributed by atoms with Gasteiger partial charge in [-0.1, -0.05) is 0 Å². The summed E-state index contributed by atoms with van der Waals surface area (Å²) in [5, 5.41) is 36.1. The molecule has 6 heteroatoms. The lowest BCUT2D eigenvalue weighted by atomic mass is 9.93. The lowest BCUT2D eigenvalue weighted by molar-refractivity contribution is 0.318. The Kier molecular flexibility index (Phi) is 5.08. The Morgan fingerprint density at radius 3 is 0.933 bits per heavy atom. The highest BCUT2D eigenvalue weighted by atomic mass is 16.5. The molecule has 4 aromatic carbocycles. The number of rotatable bonds is 6. The maximum atomic E-state index is 10.5. The molecule has 4 aromatic rings. The van der Waals surface area contributed by atoms with E-state index < -0.39 is 0 Å². The molecule has 0 aliphatic carbocycles. The highest BCUT2D eigenvalue weighted by molar-refractivity contribution is 6.26. The Morgan fingerprint density at radius 1 is 0.467 bits per heavy atom. The number of ether oxygens (including phenoxy) is 3. The lowest BCUT2D eigenvalue weighted by Crippen LogP contribution is -1.95. The Labute approximate surface area is 173 Å². The van der Waals surface area contributed by atoms with Crippen LogP contribution in [0, 0.1) is 0 Å². The van der Waals surface area contributed by atoms with Gasteiger partial charge in [0, 0.05) is 0 Å². The molecule has 0 aromatic heterocycles. The quantitative estimate of drug-likeness (QED) is 0.367. The van der Waals surface area contributed by atoms with E-state index in [9.17, 15) is 15.3 Å². The first-order valence-corrected chi connectivity index (χ1v) is 9.98. The summed E-state index contributed by atoms with van der Waals surface area (Å²) < 4.78 is 16.7. The van der Waals surface area contributed by atoms with Crippen molar-refractivity contribution < 1.29 is 29.5 Å². The highest BCUT2D eigenvalue weighted by Crippen LogP contribution is 2.46. The number of hydrogen-bond acceptors (Lipinski definition) is 6. The van der Waals surface area contributed by atoms with Crippen LogP contribution < -0.4 is 14.2 Å². The van der Waals surface area contributed by atoms with Crippen molar-refractivity contribution in [3.63, 3.8) is 0 Å². The van der Waals surface area contributed by atoms with E-state index in [1.165, 1.54) is 0 Å². The number of phenolic OH excluding ortho intramolecular Hbond substituents is 3.